The maximum atomic E-state index is 10.1. The fourth-order valence-electron chi connectivity index (χ4n) is 1.45. The molecule has 2 rings (SSSR count). The number of carbonyl (C=O) groups excluding carboxylic acids is 1. The van der Waals surface area contributed by atoms with Crippen LogP contribution in [0.15, 0.2) is 42.7 Å². The average molecular weight is 234 g/mol. The van der Waals surface area contributed by atoms with E-state index in [0.717, 1.165) is 13.2 Å². The van der Waals surface area contributed by atoms with Crippen molar-refractivity contribution in [1.29, 1.82) is 0 Å². The van der Waals surface area contributed by atoms with E-state index in [-0.39, 0.29) is 5.56 Å². The van der Waals surface area contributed by atoms with Crippen molar-refractivity contribution in [1.82, 2.24) is 4.90 Å². The molecule has 1 aromatic carbocycles. The molecule has 0 spiro atoms. The minimum Gasteiger partial charge on any atom is -0.545 e. The number of carboxylic acids is 1. The van der Waals surface area contributed by atoms with Crippen molar-refractivity contribution in [3.8, 4) is 0 Å². The van der Waals surface area contributed by atoms with Gasteiger partial charge in [-0.1, -0.05) is 30.3 Å². The number of nitrogens with zero attached hydrogens (tertiary/aromatic N) is 1. The van der Waals surface area contributed by atoms with Gasteiger partial charge in [-0.15, -0.1) is 0 Å². The van der Waals surface area contributed by atoms with Gasteiger partial charge in [-0.3, -0.25) is 4.90 Å². The van der Waals surface area contributed by atoms with Crippen LogP contribution in [0.25, 0.3) is 0 Å². The lowest BCUT2D eigenvalue weighted by Gasteiger charge is -2.10. The van der Waals surface area contributed by atoms with Crippen molar-refractivity contribution < 1.29 is 14.8 Å². The zero-order chi connectivity index (χ0) is 12.7. The molecule has 4 heteroatoms. The van der Waals surface area contributed by atoms with Crippen LogP contribution in [-0.2, 0) is 0 Å². The maximum Gasteiger partial charge on any atom is 0.156 e. The molecule has 1 aliphatic rings. The highest BCUT2D eigenvalue weighted by Gasteiger charge is 2.08. The molecule has 1 unspecified atom stereocenters. The van der Waals surface area contributed by atoms with Crippen molar-refractivity contribution in [3.05, 3.63) is 48.3 Å². The zero-order valence-electron chi connectivity index (χ0n) is 10.2. The van der Waals surface area contributed by atoms with E-state index in [9.17, 15) is 9.90 Å². The largest absolute Gasteiger partial charge is 0.545 e. The van der Waals surface area contributed by atoms with Crippen LogP contribution in [-0.4, -0.2) is 31.1 Å². The summed E-state index contributed by atoms with van der Waals surface area (Å²) in [5, 5.41) is 10.1. The molecule has 0 saturated heterocycles. The number of rotatable bonds is 2. The van der Waals surface area contributed by atoms with E-state index in [2.05, 4.69) is 31.3 Å². The molecule has 0 bridgehead atoms. The van der Waals surface area contributed by atoms with E-state index in [4.69, 9.17) is 0 Å². The van der Waals surface area contributed by atoms with E-state index in [0.29, 0.717) is 0 Å². The molecule has 1 aromatic rings. The molecule has 0 aromatic heterocycles. The second-order valence-electron chi connectivity index (χ2n) is 3.88. The second kappa shape index (κ2) is 6.70. The molecule has 1 atom stereocenters. The predicted octanol–water partition coefficient (Wildman–Crippen LogP) is -0.685. The second-order valence-corrected chi connectivity index (χ2v) is 3.88. The first-order valence-electron chi connectivity index (χ1n) is 5.64. The number of benzene rings is 1. The van der Waals surface area contributed by atoms with Crippen LogP contribution in [0.2, 0.25) is 0 Å². The van der Waals surface area contributed by atoms with E-state index >= 15 is 0 Å². The third-order valence-corrected chi connectivity index (χ3v) is 2.44. The Morgan fingerprint density at radius 3 is 2.35 bits per heavy atom. The highest BCUT2D eigenvalue weighted by atomic mass is 16.4. The van der Waals surface area contributed by atoms with Gasteiger partial charge in [-0.2, -0.15) is 0 Å². The van der Waals surface area contributed by atoms with Crippen LogP contribution in [0.3, 0.4) is 0 Å². The zero-order valence-corrected chi connectivity index (χ0v) is 10.2. The van der Waals surface area contributed by atoms with Crippen molar-refractivity contribution >= 4 is 5.97 Å². The van der Waals surface area contributed by atoms with Crippen LogP contribution in [0.4, 0.5) is 0 Å². The standard InChI is InChI=1S/C7H6O2.C6H12N2/c8-7(9)6-4-2-1-3-5-6;1-3-8-5-4-7(2)6-8/h1-5H,(H,8,9);4-5H,3,6H2,1-2H3. The summed E-state index contributed by atoms with van der Waals surface area (Å²) < 4.78 is 0. The summed E-state index contributed by atoms with van der Waals surface area (Å²) in [4.78, 5) is 13.8. The third kappa shape index (κ3) is 4.70. The first-order chi connectivity index (χ1) is 8.13. The van der Waals surface area contributed by atoms with Gasteiger partial charge < -0.3 is 14.8 Å². The maximum absolute atomic E-state index is 10.1. The van der Waals surface area contributed by atoms with E-state index in [1.54, 1.807) is 18.2 Å². The molecule has 1 N–H and O–H groups in total. The molecule has 92 valence electrons. The van der Waals surface area contributed by atoms with Crippen LogP contribution in [0.1, 0.15) is 17.3 Å². The molecule has 0 amide bonds. The Morgan fingerprint density at radius 1 is 1.41 bits per heavy atom. The smallest absolute Gasteiger partial charge is 0.156 e. The van der Waals surface area contributed by atoms with Crippen LogP contribution in [0, 0.1) is 0 Å². The summed E-state index contributed by atoms with van der Waals surface area (Å²) >= 11 is 0. The molecular formula is C13H18N2O2. The SMILES string of the molecule is CCN1C=C[NH+](C)C1.O=C([O-])c1ccccc1. The lowest BCUT2D eigenvalue weighted by molar-refractivity contribution is -0.826. The number of carbonyl (C=O) groups is 1. The Morgan fingerprint density at radius 2 is 2.06 bits per heavy atom. The van der Waals surface area contributed by atoms with Gasteiger partial charge in [0.05, 0.1) is 19.2 Å². The molecule has 1 heterocycles. The van der Waals surface area contributed by atoms with Crippen LogP contribution in [0.5, 0.6) is 0 Å². The highest BCUT2D eigenvalue weighted by molar-refractivity contribution is 5.85. The Balaban J connectivity index is 0.000000171. The summed E-state index contributed by atoms with van der Waals surface area (Å²) in [6, 6.07) is 8.06. The third-order valence-electron chi connectivity index (χ3n) is 2.44. The lowest BCUT2D eigenvalue weighted by Crippen LogP contribution is -3.03. The van der Waals surface area contributed by atoms with Crippen molar-refractivity contribution in [2.45, 2.75) is 6.92 Å². The fourth-order valence-corrected chi connectivity index (χ4v) is 1.45. The average Bonchev–Trinajstić information content (AvgIpc) is 2.77. The van der Waals surface area contributed by atoms with Gasteiger partial charge in [-0.25, -0.2) is 0 Å². The van der Waals surface area contributed by atoms with Gasteiger partial charge in [-0.05, 0) is 12.5 Å². The number of quaternary nitrogens is 1. The van der Waals surface area contributed by atoms with E-state index in [1.807, 2.05) is 0 Å². The minimum absolute atomic E-state index is 0.220. The molecule has 17 heavy (non-hydrogen) atoms. The quantitative estimate of drug-likeness (QED) is 0.737. The van der Waals surface area contributed by atoms with Gasteiger partial charge >= 0.3 is 0 Å². The number of hydrogen-bond donors (Lipinski definition) is 1. The summed E-state index contributed by atoms with van der Waals surface area (Å²) in [6.07, 6.45) is 4.32. The van der Waals surface area contributed by atoms with Crippen molar-refractivity contribution in [3.63, 3.8) is 0 Å². The first kappa shape index (κ1) is 13.3. The van der Waals surface area contributed by atoms with Gasteiger partial charge in [0.1, 0.15) is 6.20 Å². The first-order valence-corrected chi connectivity index (χ1v) is 5.64. The summed E-state index contributed by atoms with van der Waals surface area (Å²) in [7, 11) is 2.16. The minimum atomic E-state index is -1.13. The Hall–Kier alpha value is -1.81. The van der Waals surface area contributed by atoms with Gasteiger partial charge in [0, 0.05) is 6.54 Å². The van der Waals surface area contributed by atoms with Crippen molar-refractivity contribution in [2.24, 2.45) is 0 Å². The fraction of sp³-hybridized carbons (Fsp3) is 0.308. The van der Waals surface area contributed by atoms with Gasteiger partial charge in [0.25, 0.3) is 0 Å². The van der Waals surface area contributed by atoms with Gasteiger partial charge in [0.15, 0.2) is 6.67 Å². The molecule has 1 aliphatic heterocycles. The molecular weight excluding hydrogens is 216 g/mol. The number of nitrogens with one attached hydrogen (secondary N) is 1. The summed E-state index contributed by atoms with van der Waals surface area (Å²) in [6.45, 7) is 4.44. The Bertz CT molecular complexity index is 376. The molecule has 0 radical (unpaired) electrons. The number of carboxylic acid groups (broad SMARTS) is 1. The monoisotopic (exact) mass is 234 g/mol. The van der Waals surface area contributed by atoms with E-state index in [1.165, 1.54) is 17.0 Å². The molecule has 0 fully saturated rings. The van der Waals surface area contributed by atoms with Crippen molar-refractivity contribution in [2.75, 3.05) is 20.3 Å². The highest BCUT2D eigenvalue weighted by Crippen LogP contribution is 1.94. The molecule has 0 saturated carbocycles. The normalized spacial score (nSPS) is 17.5. The lowest BCUT2D eigenvalue weighted by atomic mass is 10.2. The van der Waals surface area contributed by atoms with Crippen LogP contribution < -0.4 is 10.0 Å². The molecule has 4 nitrogen and oxygen atoms in total. The van der Waals surface area contributed by atoms with E-state index < -0.39 is 5.97 Å². The predicted molar refractivity (Wildman–Crippen MR) is 64.0 cm³/mol. The topological polar surface area (TPSA) is 47.8 Å². The Kier molecular flexibility index (Phi) is 5.23. The van der Waals surface area contributed by atoms with Crippen LogP contribution >= 0.6 is 0 Å². The Labute approximate surface area is 102 Å². The number of hydrogen-bond acceptors (Lipinski definition) is 3. The summed E-state index contributed by atoms with van der Waals surface area (Å²) in [5.74, 6) is -1.13. The molecule has 0 aliphatic carbocycles. The van der Waals surface area contributed by atoms with Gasteiger partial charge in [0.2, 0.25) is 0 Å². The number of aromatic carboxylic acids is 1. The summed E-state index contributed by atoms with van der Waals surface area (Å²) in [5.41, 5.74) is 0.220.